The average Bonchev–Trinajstić information content (AvgIpc) is 3.06. The van der Waals surface area contributed by atoms with E-state index in [1.807, 2.05) is 0 Å². The van der Waals surface area contributed by atoms with E-state index in [2.05, 4.69) is 20.7 Å². The molecular formula is C12H21N5O2. The van der Waals surface area contributed by atoms with Crippen molar-refractivity contribution in [1.82, 2.24) is 25.4 Å². The molecule has 7 heteroatoms. The summed E-state index contributed by atoms with van der Waals surface area (Å²) >= 11 is 0. The van der Waals surface area contributed by atoms with E-state index < -0.39 is 0 Å². The second kappa shape index (κ2) is 6.63. The summed E-state index contributed by atoms with van der Waals surface area (Å²) in [6, 6.07) is 0. The highest BCUT2D eigenvalue weighted by atomic mass is 16.5. The highest BCUT2D eigenvalue weighted by Gasteiger charge is 2.33. The fourth-order valence-corrected chi connectivity index (χ4v) is 2.39. The minimum absolute atomic E-state index is 0.0275. The molecule has 1 amide bonds. The Kier molecular flexibility index (Phi) is 4.86. The first-order valence-electron chi connectivity index (χ1n) is 6.57. The van der Waals surface area contributed by atoms with Crippen LogP contribution in [-0.2, 0) is 16.1 Å². The molecule has 1 atom stereocenters. The lowest BCUT2D eigenvalue weighted by atomic mass is 9.98. The highest BCUT2D eigenvalue weighted by molar-refractivity contribution is 5.75. The topological polar surface area (TPSA) is 81.1 Å². The van der Waals surface area contributed by atoms with Gasteiger partial charge in [-0.2, -0.15) is 5.10 Å². The fourth-order valence-electron chi connectivity index (χ4n) is 2.39. The molecule has 0 aromatic carbocycles. The zero-order valence-corrected chi connectivity index (χ0v) is 11.3. The number of ether oxygens (including phenoxy) is 1. The largest absolute Gasteiger partial charge is 0.383 e. The van der Waals surface area contributed by atoms with Crippen LogP contribution in [0.2, 0.25) is 0 Å². The Morgan fingerprint density at radius 1 is 1.63 bits per heavy atom. The van der Waals surface area contributed by atoms with Gasteiger partial charge in [-0.3, -0.25) is 9.48 Å². The third kappa shape index (κ3) is 4.00. The van der Waals surface area contributed by atoms with Gasteiger partial charge in [-0.1, -0.05) is 0 Å². The quantitative estimate of drug-likeness (QED) is 0.699. The number of methoxy groups -OCH3 is 1. The van der Waals surface area contributed by atoms with E-state index in [0.29, 0.717) is 26.1 Å². The molecule has 0 bridgehead atoms. The lowest BCUT2D eigenvalue weighted by Crippen LogP contribution is -2.53. The van der Waals surface area contributed by atoms with Gasteiger partial charge in [0, 0.05) is 20.1 Å². The number of carbonyl (C=O) groups is 1. The summed E-state index contributed by atoms with van der Waals surface area (Å²) in [4.78, 5) is 15.6. The van der Waals surface area contributed by atoms with Gasteiger partial charge in [-0.15, -0.1) is 0 Å². The molecule has 1 aliphatic heterocycles. The van der Waals surface area contributed by atoms with Crippen LogP contribution in [0.5, 0.6) is 0 Å². The van der Waals surface area contributed by atoms with Crippen molar-refractivity contribution in [2.24, 2.45) is 0 Å². The van der Waals surface area contributed by atoms with Gasteiger partial charge in [0.05, 0.1) is 18.7 Å². The number of nitrogens with zero attached hydrogens (tertiary/aromatic N) is 3. The maximum atomic E-state index is 11.8. The van der Waals surface area contributed by atoms with Gasteiger partial charge >= 0.3 is 0 Å². The van der Waals surface area contributed by atoms with Gasteiger partial charge in [0.15, 0.2) is 0 Å². The van der Waals surface area contributed by atoms with Crippen LogP contribution in [0.4, 0.5) is 0 Å². The van der Waals surface area contributed by atoms with Crippen molar-refractivity contribution in [1.29, 1.82) is 0 Å². The molecule has 1 aromatic rings. The molecular weight excluding hydrogens is 246 g/mol. The standard InChI is InChI=1S/C12H21N5O2/c1-19-8-12(4-2-5-15-12)7-14-11(18)3-6-17-10-13-9-16-17/h9-10,15H,2-8H2,1H3,(H,14,18). The Morgan fingerprint density at radius 2 is 2.53 bits per heavy atom. The second-order valence-corrected chi connectivity index (χ2v) is 4.93. The van der Waals surface area contributed by atoms with Crippen molar-refractivity contribution in [2.75, 3.05) is 26.8 Å². The van der Waals surface area contributed by atoms with Crippen LogP contribution >= 0.6 is 0 Å². The Morgan fingerprint density at radius 3 is 3.16 bits per heavy atom. The molecule has 7 nitrogen and oxygen atoms in total. The number of aryl methyl sites for hydroxylation is 1. The number of nitrogens with one attached hydrogen (secondary N) is 2. The zero-order chi connectivity index (χ0) is 13.6. The van der Waals surface area contributed by atoms with Crippen molar-refractivity contribution in [3.63, 3.8) is 0 Å². The molecule has 2 N–H and O–H groups in total. The van der Waals surface area contributed by atoms with Gasteiger partial charge in [-0.25, -0.2) is 4.98 Å². The Bertz CT molecular complexity index is 387. The van der Waals surface area contributed by atoms with Gasteiger partial charge in [-0.05, 0) is 19.4 Å². The Labute approximate surface area is 112 Å². The van der Waals surface area contributed by atoms with E-state index in [1.165, 1.54) is 6.33 Å². The molecule has 0 saturated carbocycles. The Balaban J connectivity index is 1.72. The summed E-state index contributed by atoms with van der Waals surface area (Å²) in [6.45, 7) is 2.77. The predicted octanol–water partition coefficient (Wildman–Crippen LogP) is -0.447. The van der Waals surface area contributed by atoms with Crippen LogP contribution in [0.25, 0.3) is 0 Å². The first-order chi connectivity index (χ1) is 9.24. The average molecular weight is 267 g/mol. The van der Waals surface area contributed by atoms with Crippen LogP contribution in [0.1, 0.15) is 19.3 Å². The maximum Gasteiger partial charge on any atom is 0.221 e. The van der Waals surface area contributed by atoms with E-state index in [1.54, 1.807) is 18.1 Å². The van der Waals surface area contributed by atoms with Crippen LogP contribution in [0, 0.1) is 0 Å². The first kappa shape index (κ1) is 14.0. The first-order valence-corrected chi connectivity index (χ1v) is 6.57. The summed E-state index contributed by atoms with van der Waals surface area (Å²) in [5, 5.41) is 10.4. The van der Waals surface area contributed by atoms with Gasteiger partial charge in [0.1, 0.15) is 12.7 Å². The molecule has 2 rings (SSSR count). The number of hydrogen-bond acceptors (Lipinski definition) is 5. The summed E-state index contributed by atoms with van der Waals surface area (Å²) < 4.78 is 6.90. The van der Waals surface area contributed by atoms with Crippen LogP contribution in [-0.4, -0.2) is 53.0 Å². The normalized spacial score (nSPS) is 22.6. The predicted molar refractivity (Wildman–Crippen MR) is 69.5 cm³/mol. The Hall–Kier alpha value is -1.47. The van der Waals surface area contributed by atoms with E-state index in [4.69, 9.17) is 4.74 Å². The van der Waals surface area contributed by atoms with Crippen molar-refractivity contribution in [3.05, 3.63) is 12.7 Å². The van der Waals surface area contributed by atoms with Crippen LogP contribution in [0.3, 0.4) is 0 Å². The summed E-state index contributed by atoms with van der Waals surface area (Å²) in [7, 11) is 1.69. The maximum absolute atomic E-state index is 11.8. The van der Waals surface area contributed by atoms with E-state index in [0.717, 1.165) is 19.4 Å². The van der Waals surface area contributed by atoms with E-state index >= 15 is 0 Å². The summed E-state index contributed by atoms with van der Waals surface area (Å²) in [5.74, 6) is 0.0275. The van der Waals surface area contributed by atoms with Crippen molar-refractivity contribution in [2.45, 2.75) is 31.3 Å². The molecule has 1 aromatic heterocycles. The minimum atomic E-state index is -0.0995. The second-order valence-electron chi connectivity index (χ2n) is 4.93. The van der Waals surface area contributed by atoms with Crippen LogP contribution in [0.15, 0.2) is 12.7 Å². The molecule has 0 aliphatic carbocycles. The van der Waals surface area contributed by atoms with Gasteiger partial charge in [0.2, 0.25) is 5.91 Å². The molecule has 0 radical (unpaired) electrons. The van der Waals surface area contributed by atoms with Gasteiger partial charge in [0.25, 0.3) is 0 Å². The number of carbonyl (C=O) groups excluding carboxylic acids is 1. The summed E-state index contributed by atoms with van der Waals surface area (Å²) in [6.07, 6.45) is 5.64. The molecule has 106 valence electrons. The minimum Gasteiger partial charge on any atom is -0.383 e. The zero-order valence-electron chi connectivity index (χ0n) is 11.3. The lowest BCUT2D eigenvalue weighted by Gasteiger charge is -2.28. The fraction of sp³-hybridized carbons (Fsp3) is 0.750. The molecule has 2 heterocycles. The van der Waals surface area contributed by atoms with E-state index in [9.17, 15) is 4.79 Å². The smallest absolute Gasteiger partial charge is 0.221 e. The van der Waals surface area contributed by atoms with Gasteiger partial charge < -0.3 is 15.4 Å². The SMILES string of the molecule is COCC1(CNC(=O)CCn2cncn2)CCCN1. The number of hydrogen-bond donors (Lipinski definition) is 2. The third-order valence-corrected chi connectivity index (χ3v) is 3.41. The summed E-state index contributed by atoms with van der Waals surface area (Å²) in [5.41, 5.74) is -0.0995. The van der Waals surface area contributed by atoms with Crippen LogP contribution < -0.4 is 10.6 Å². The third-order valence-electron chi connectivity index (χ3n) is 3.41. The monoisotopic (exact) mass is 267 g/mol. The number of rotatable bonds is 7. The van der Waals surface area contributed by atoms with Crippen molar-refractivity contribution < 1.29 is 9.53 Å². The van der Waals surface area contributed by atoms with Crippen molar-refractivity contribution in [3.8, 4) is 0 Å². The number of aromatic nitrogens is 3. The highest BCUT2D eigenvalue weighted by Crippen LogP contribution is 2.18. The number of amides is 1. The molecule has 0 spiro atoms. The van der Waals surface area contributed by atoms with E-state index in [-0.39, 0.29) is 11.4 Å². The molecule has 19 heavy (non-hydrogen) atoms. The molecule has 1 unspecified atom stereocenters. The lowest BCUT2D eigenvalue weighted by molar-refractivity contribution is -0.121. The molecule has 1 aliphatic rings. The van der Waals surface area contributed by atoms with Crippen molar-refractivity contribution >= 4 is 5.91 Å². The molecule has 1 fully saturated rings. The molecule has 1 saturated heterocycles.